The fourth-order valence-electron chi connectivity index (χ4n) is 2.62. The normalized spacial score (nSPS) is 18.8. The molecule has 7 heteroatoms. The summed E-state index contributed by atoms with van der Waals surface area (Å²) >= 11 is 0. The Balaban J connectivity index is 0.00000208. The summed E-state index contributed by atoms with van der Waals surface area (Å²) in [5.74, 6) is -2.50. The molecule has 1 amide bonds. The monoisotopic (exact) mass is 356 g/mol. The first-order valence-corrected chi connectivity index (χ1v) is 7.54. The molecule has 130 valence electrons. The van der Waals surface area contributed by atoms with E-state index < -0.39 is 30.8 Å². The number of alkyl halides is 2. The molecule has 1 aliphatic heterocycles. The first-order chi connectivity index (χ1) is 11.0. The van der Waals surface area contributed by atoms with Crippen LogP contribution in [0.2, 0.25) is 0 Å². The van der Waals surface area contributed by atoms with Crippen molar-refractivity contribution in [2.24, 2.45) is 0 Å². The van der Waals surface area contributed by atoms with E-state index >= 15 is 0 Å². The van der Waals surface area contributed by atoms with Crippen LogP contribution < -0.4 is 15.4 Å². The number of fused-ring (bicyclic) bond motifs is 1. The van der Waals surface area contributed by atoms with Gasteiger partial charge in [-0.1, -0.05) is 30.3 Å². The molecule has 1 aliphatic rings. The molecular formula is C17H19ClF2N2O2. The first kappa shape index (κ1) is 18.4. The van der Waals surface area contributed by atoms with Gasteiger partial charge in [0.25, 0.3) is 5.92 Å². The zero-order valence-corrected chi connectivity index (χ0v) is 13.7. The Morgan fingerprint density at radius 3 is 2.71 bits per heavy atom. The topological polar surface area (TPSA) is 50.4 Å². The Morgan fingerprint density at radius 1 is 1.25 bits per heavy atom. The quantitative estimate of drug-likeness (QED) is 0.810. The number of benzene rings is 2. The van der Waals surface area contributed by atoms with E-state index in [1.54, 1.807) is 0 Å². The van der Waals surface area contributed by atoms with Crippen LogP contribution in [0.15, 0.2) is 42.5 Å². The van der Waals surface area contributed by atoms with Crippen molar-refractivity contribution in [2.45, 2.75) is 18.4 Å². The van der Waals surface area contributed by atoms with Crippen molar-refractivity contribution in [1.82, 2.24) is 10.6 Å². The highest BCUT2D eigenvalue weighted by Crippen LogP contribution is 2.25. The molecule has 1 fully saturated rings. The van der Waals surface area contributed by atoms with Crippen molar-refractivity contribution in [3.63, 3.8) is 0 Å². The molecule has 1 unspecified atom stereocenters. The van der Waals surface area contributed by atoms with Crippen LogP contribution in [0.4, 0.5) is 8.78 Å². The van der Waals surface area contributed by atoms with Gasteiger partial charge < -0.3 is 10.1 Å². The molecule has 1 atom stereocenters. The van der Waals surface area contributed by atoms with Crippen LogP contribution in [0, 0.1) is 0 Å². The second-order valence-corrected chi connectivity index (χ2v) is 5.64. The molecule has 0 aromatic heterocycles. The third-order valence-corrected chi connectivity index (χ3v) is 3.82. The summed E-state index contributed by atoms with van der Waals surface area (Å²) < 4.78 is 31.6. The summed E-state index contributed by atoms with van der Waals surface area (Å²) in [4.78, 5) is 11.8. The third-order valence-electron chi connectivity index (χ3n) is 3.82. The lowest BCUT2D eigenvalue weighted by atomic mass is 10.1. The Bertz CT molecular complexity index is 712. The van der Waals surface area contributed by atoms with E-state index in [4.69, 9.17) is 4.74 Å². The molecule has 1 heterocycles. The molecule has 0 radical (unpaired) electrons. The highest BCUT2D eigenvalue weighted by atomic mass is 35.5. The highest BCUT2D eigenvalue weighted by molar-refractivity contribution is 5.85. The van der Waals surface area contributed by atoms with Crippen molar-refractivity contribution >= 4 is 29.1 Å². The van der Waals surface area contributed by atoms with Crippen LogP contribution in [-0.4, -0.2) is 37.6 Å². The van der Waals surface area contributed by atoms with Crippen LogP contribution in [0.5, 0.6) is 5.75 Å². The zero-order valence-electron chi connectivity index (χ0n) is 12.9. The van der Waals surface area contributed by atoms with E-state index in [1.165, 1.54) is 0 Å². The van der Waals surface area contributed by atoms with Gasteiger partial charge in [0.15, 0.2) is 0 Å². The third kappa shape index (κ3) is 4.55. The molecule has 4 nitrogen and oxygen atoms in total. The number of halogens is 3. The molecule has 2 aromatic carbocycles. The lowest BCUT2D eigenvalue weighted by Crippen LogP contribution is -2.41. The maximum absolute atomic E-state index is 13.0. The van der Waals surface area contributed by atoms with Crippen molar-refractivity contribution in [2.75, 3.05) is 19.7 Å². The smallest absolute Gasteiger partial charge is 0.262 e. The highest BCUT2D eigenvalue weighted by Gasteiger charge is 2.42. The summed E-state index contributed by atoms with van der Waals surface area (Å²) in [6.07, 6.45) is -0.454. The molecule has 2 N–H and O–H groups in total. The van der Waals surface area contributed by atoms with Crippen molar-refractivity contribution in [3.05, 3.63) is 42.5 Å². The van der Waals surface area contributed by atoms with Crippen LogP contribution in [0.1, 0.15) is 6.42 Å². The molecule has 1 saturated heterocycles. The summed E-state index contributed by atoms with van der Waals surface area (Å²) in [6, 6.07) is 12.9. The Hall–Kier alpha value is -1.92. The summed E-state index contributed by atoms with van der Waals surface area (Å²) in [7, 11) is 0. The lowest BCUT2D eigenvalue weighted by Gasteiger charge is -2.12. The van der Waals surface area contributed by atoms with Crippen molar-refractivity contribution in [1.29, 1.82) is 0 Å². The van der Waals surface area contributed by atoms with Gasteiger partial charge >= 0.3 is 0 Å². The molecule has 0 spiro atoms. The van der Waals surface area contributed by atoms with Crippen LogP contribution in [0.25, 0.3) is 10.8 Å². The average molecular weight is 357 g/mol. The minimum Gasteiger partial charge on any atom is -0.492 e. The summed E-state index contributed by atoms with van der Waals surface area (Å²) in [5.41, 5.74) is 0. The van der Waals surface area contributed by atoms with Gasteiger partial charge in [0.1, 0.15) is 12.4 Å². The molecule has 0 aliphatic carbocycles. The Labute approximate surface area is 145 Å². The van der Waals surface area contributed by atoms with Crippen molar-refractivity contribution < 1.29 is 18.3 Å². The maximum atomic E-state index is 13.0. The predicted octanol–water partition coefficient (Wildman–Crippen LogP) is 2.75. The maximum Gasteiger partial charge on any atom is 0.262 e. The van der Waals surface area contributed by atoms with Gasteiger partial charge in [0.05, 0.1) is 19.1 Å². The largest absolute Gasteiger partial charge is 0.492 e. The van der Waals surface area contributed by atoms with Gasteiger partial charge in [-0.15, -0.1) is 12.4 Å². The fourth-order valence-corrected chi connectivity index (χ4v) is 2.62. The summed E-state index contributed by atoms with van der Waals surface area (Å²) in [6.45, 7) is 0.112. The van der Waals surface area contributed by atoms with Gasteiger partial charge in [-0.2, -0.15) is 0 Å². The molecule has 3 rings (SSSR count). The first-order valence-electron chi connectivity index (χ1n) is 7.54. The standard InChI is InChI=1S/C17H18F2N2O2.ClH/c18-17(19)10-15(21-11-17)16(22)20-7-8-23-14-6-5-12-3-1-2-4-13(12)9-14;/h1-6,9,15,21H,7-8,10-11H2,(H,20,22);1H. The number of carbonyl (C=O) groups is 1. The molecule has 0 bridgehead atoms. The van der Waals surface area contributed by atoms with E-state index in [1.807, 2.05) is 42.5 Å². The van der Waals surface area contributed by atoms with Gasteiger partial charge in [-0.3, -0.25) is 10.1 Å². The Morgan fingerprint density at radius 2 is 2.00 bits per heavy atom. The number of amides is 1. The van der Waals surface area contributed by atoms with Gasteiger partial charge in [-0.25, -0.2) is 8.78 Å². The van der Waals surface area contributed by atoms with E-state index in [9.17, 15) is 13.6 Å². The number of carbonyl (C=O) groups excluding carboxylic acids is 1. The van der Waals surface area contributed by atoms with Crippen LogP contribution >= 0.6 is 12.4 Å². The molecular weight excluding hydrogens is 338 g/mol. The van der Waals surface area contributed by atoms with Crippen LogP contribution in [-0.2, 0) is 4.79 Å². The summed E-state index contributed by atoms with van der Waals surface area (Å²) in [5, 5.41) is 7.33. The van der Waals surface area contributed by atoms with E-state index in [2.05, 4.69) is 10.6 Å². The number of hydrogen-bond acceptors (Lipinski definition) is 3. The van der Waals surface area contributed by atoms with Crippen molar-refractivity contribution in [3.8, 4) is 5.75 Å². The number of rotatable bonds is 5. The van der Waals surface area contributed by atoms with Gasteiger partial charge in [0, 0.05) is 6.42 Å². The van der Waals surface area contributed by atoms with Gasteiger partial charge in [0.2, 0.25) is 5.91 Å². The van der Waals surface area contributed by atoms with E-state index in [0.717, 1.165) is 10.8 Å². The second kappa shape index (κ2) is 7.77. The zero-order chi connectivity index (χ0) is 16.3. The van der Waals surface area contributed by atoms with E-state index in [-0.39, 0.29) is 25.6 Å². The Kier molecular flexibility index (Phi) is 5.96. The molecule has 0 saturated carbocycles. The van der Waals surface area contributed by atoms with Gasteiger partial charge in [-0.05, 0) is 22.9 Å². The SMILES string of the molecule is Cl.O=C(NCCOc1ccc2ccccc2c1)C1CC(F)(F)CN1. The minimum atomic E-state index is -2.80. The van der Waals surface area contributed by atoms with Crippen LogP contribution in [0.3, 0.4) is 0 Å². The van der Waals surface area contributed by atoms with E-state index in [0.29, 0.717) is 5.75 Å². The number of nitrogens with one attached hydrogen (secondary N) is 2. The average Bonchev–Trinajstić information content (AvgIpc) is 2.91. The predicted molar refractivity (Wildman–Crippen MR) is 91.1 cm³/mol. The molecule has 24 heavy (non-hydrogen) atoms. The fraction of sp³-hybridized carbons (Fsp3) is 0.353. The lowest BCUT2D eigenvalue weighted by molar-refractivity contribution is -0.123. The minimum absolute atomic E-state index is 0. The number of ether oxygens (including phenoxy) is 1. The number of hydrogen-bond donors (Lipinski definition) is 2. The molecule has 2 aromatic rings. The second-order valence-electron chi connectivity index (χ2n) is 5.64.